The molecule has 6 nitrogen and oxygen atoms in total. The van der Waals surface area contributed by atoms with Crippen LogP contribution in [0.1, 0.15) is 58.8 Å². The van der Waals surface area contributed by atoms with Crippen molar-refractivity contribution in [2.45, 2.75) is 44.7 Å². The van der Waals surface area contributed by atoms with Crippen LogP contribution in [0, 0.1) is 11.8 Å². The molecule has 1 fully saturated rings. The lowest BCUT2D eigenvalue weighted by Crippen LogP contribution is -2.49. The zero-order valence-electron chi connectivity index (χ0n) is 18.1. The summed E-state index contributed by atoms with van der Waals surface area (Å²) in [6.45, 7) is 1.51. The minimum Gasteiger partial charge on any atom is -0.481 e. The summed E-state index contributed by atoms with van der Waals surface area (Å²) in [6, 6.07) is 15.5. The van der Waals surface area contributed by atoms with Crippen LogP contribution in [0.15, 0.2) is 48.5 Å². The molecule has 2 aromatic carbocycles. The van der Waals surface area contributed by atoms with Gasteiger partial charge in [-0.3, -0.25) is 14.4 Å². The van der Waals surface area contributed by atoms with Gasteiger partial charge in [0.15, 0.2) is 0 Å². The van der Waals surface area contributed by atoms with Gasteiger partial charge in [0.1, 0.15) is 0 Å². The maximum atomic E-state index is 13.7. The number of hydrogen-bond acceptors (Lipinski definition) is 3. The van der Waals surface area contributed by atoms with Gasteiger partial charge in [0.05, 0.1) is 17.9 Å². The quantitative estimate of drug-likeness (QED) is 0.800. The Morgan fingerprint density at radius 1 is 0.938 bits per heavy atom. The predicted molar refractivity (Wildman–Crippen MR) is 119 cm³/mol. The maximum Gasteiger partial charge on any atom is 0.307 e. The number of benzene rings is 2. The van der Waals surface area contributed by atoms with E-state index in [1.54, 1.807) is 0 Å². The molecule has 1 N–H and O–H groups in total. The minimum atomic E-state index is -0.873. The number of amides is 2. The highest BCUT2D eigenvalue weighted by molar-refractivity contribution is 5.98. The van der Waals surface area contributed by atoms with Crippen LogP contribution in [0.25, 0.3) is 0 Å². The van der Waals surface area contributed by atoms with Crippen LogP contribution >= 0.6 is 0 Å². The first-order valence-electron chi connectivity index (χ1n) is 11.5. The normalized spacial score (nSPS) is 24.8. The minimum absolute atomic E-state index is 0.00266. The van der Waals surface area contributed by atoms with Gasteiger partial charge in [-0.25, -0.2) is 0 Å². The molecule has 0 saturated heterocycles. The number of carbonyl (C=O) groups excluding carboxylic acids is 2. The summed E-state index contributed by atoms with van der Waals surface area (Å²) in [5, 5.41) is 9.72. The molecule has 2 aromatic rings. The lowest BCUT2D eigenvalue weighted by atomic mass is 9.77. The van der Waals surface area contributed by atoms with Crippen molar-refractivity contribution in [3.8, 4) is 0 Å². The summed E-state index contributed by atoms with van der Waals surface area (Å²) in [6.07, 6.45) is 3.66. The molecule has 0 bridgehead atoms. The summed E-state index contributed by atoms with van der Waals surface area (Å²) < 4.78 is 0. The van der Waals surface area contributed by atoms with Crippen molar-refractivity contribution in [3.05, 3.63) is 70.8 Å². The van der Waals surface area contributed by atoms with Crippen LogP contribution in [0.4, 0.5) is 0 Å². The van der Waals surface area contributed by atoms with Gasteiger partial charge in [-0.2, -0.15) is 0 Å². The van der Waals surface area contributed by atoms with Crippen molar-refractivity contribution < 1.29 is 19.5 Å². The molecule has 166 valence electrons. The molecule has 0 aromatic heterocycles. The van der Waals surface area contributed by atoms with E-state index >= 15 is 0 Å². The van der Waals surface area contributed by atoms with Crippen molar-refractivity contribution >= 4 is 17.8 Å². The molecule has 3 aliphatic rings. The average molecular weight is 433 g/mol. The number of hydrogen-bond donors (Lipinski definition) is 1. The van der Waals surface area contributed by atoms with Crippen molar-refractivity contribution in [3.63, 3.8) is 0 Å². The Hall–Kier alpha value is -3.15. The second-order valence-corrected chi connectivity index (χ2v) is 9.17. The van der Waals surface area contributed by atoms with Gasteiger partial charge in [0.25, 0.3) is 5.91 Å². The Morgan fingerprint density at radius 3 is 2.38 bits per heavy atom. The third kappa shape index (κ3) is 3.57. The van der Waals surface area contributed by atoms with Crippen LogP contribution in [0.3, 0.4) is 0 Å². The third-order valence-electron chi connectivity index (χ3n) is 7.39. The predicted octanol–water partition coefficient (Wildman–Crippen LogP) is 3.66. The Kier molecular flexibility index (Phi) is 5.45. The molecular formula is C26H28N2O4. The highest BCUT2D eigenvalue weighted by Gasteiger charge is 2.42. The second kappa shape index (κ2) is 8.41. The molecule has 3 atom stereocenters. The van der Waals surface area contributed by atoms with Crippen molar-refractivity contribution in [1.82, 2.24) is 9.80 Å². The van der Waals surface area contributed by atoms with Gasteiger partial charge < -0.3 is 14.9 Å². The van der Waals surface area contributed by atoms with Crippen molar-refractivity contribution in [2.75, 3.05) is 13.1 Å². The maximum absolute atomic E-state index is 13.7. The fourth-order valence-electron chi connectivity index (χ4n) is 5.72. The number of rotatable bonds is 4. The first kappa shape index (κ1) is 20.7. The van der Waals surface area contributed by atoms with Crippen LogP contribution in [0.5, 0.6) is 0 Å². The van der Waals surface area contributed by atoms with Crippen LogP contribution in [-0.2, 0) is 22.6 Å². The summed E-state index contributed by atoms with van der Waals surface area (Å²) in [5.41, 5.74) is 4.01. The molecule has 2 aliphatic heterocycles. The molecule has 5 rings (SSSR count). The summed E-state index contributed by atoms with van der Waals surface area (Å²) >= 11 is 0. The van der Waals surface area contributed by atoms with Crippen LogP contribution in [0.2, 0.25) is 0 Å². The fourth-order valence-corrected chi connectivity index (χ4v) is 5.72. The molecule has 0 unspecified atom stereocenters. The summed E-state index contributed by atoms with van der Waals surface area (Å²) in [5.74, 6) is -2.05. The van der Waals surface area contributed by atoms with E-state index in [4.69, 9.17) is 0 Å². The van der Waals surface area contributed by atoms with E-state index in [9.17, 15) is 19.5 Å². The Bertz CT molecular complexity index is 1070. The Morgan fingerprint density at radius 2 is 1.62 bits per heavy atom. The molecule has 32 heavy (non-hydrogen) atoms. The monoisotopic (exact) mass is 432 g/mol. The first-order valence-corrected chi connectivity index (χ1v) is 11.5. The van der Waals surface area contributed by atoms with Gasteiger partial charge in [0, 0.05) is 25.2 Å². The Balaban J connectivity index is 1.45. The topological polar surface area (TPSA) is 77.9 Å². The third-order valence-corrected chi connectivity index (χ3v) is 7.39. The fraction of sp³-hybridized carbons (Fsp3) is 0.423. The number of fused-ring (bicyclic) bond motifs is 2. The van der Waals surface area contributed by atoms with Gasteiger partial charge in [-0.05, 0) is 42.0 Å². The Labute approximate surface area is 187 Å². The summed E-state index contributed by atoms with van der Waals surface area (Å²) in [7, 11) is 0. The van der Waals surface area contributed by atoms with Gasteiger partial charge in [-0.1, -0.05) is 55.3 Å². The molecule has 0 radical (unpaired) electrons. The molecule has 2 heterocycles. The molecule has 1 saturated carbocycles. The molecule has 0 spiro atoms. The number of aliphatic carboxylic acids is 1. The van der Waals surface area contributed by atoms with Crippen LogP contribution < -0.4 is 0 Å². The second-order valence-electron chi connectivity index (χ2n) is 9.17. The number of nitrogens with zero attached hydrogens (tertiary/aromatic N) is 2. The number of carbonyl (C=O) groups is 3. The van der Waals surface area contributed by atoms with E-state index in [0.29, 0.717) is 32.5 Å². The molecule has 6 heteroatoms. The largest absolute Gasteiger partial charge is 0.481 e. The number of carboxylic acid groups (broad SMARTS) is 1. The zero-order valence-corrected chi connectivity index (χ0v) is 18.1. The summed E-state index contributed by atoms with van der Waals surface area (Å²) in [4.78, 5) is 42.3. The zero-order chi connectivity index (χ0) is 22.2. The van der Waals surface area contributed by atoms with E-state index < -0.39 is 17.8 Å². The van der Waals surface area contributed by atoms with E-state index in [0.717, 1.165) is 36.0 Å². The van der Waals surface area contributed by atoms with Gasteiger partial charge >= 0.3 is 5.97 Å². The highest BCUT2D eigenvalue weighted by atomic mass is 16.4. The van der Waals surface area contributed by atoms with E-state index in [2.05, 4.69) is 6.07 Å². The molecule has 1 aliphatic carbocycles. The lowest BCUT2D eigenvalue weighted by molar-refractivity contribution is -0.153. The van der Waals surface area contributed by atoms with Gasteiger partial charge in [-0.15, -0.1) is 0 Å². The van der Waals surface area contributed by atoms with E-state index in [1.807, 2.05) is 52.3 Å². The average Bonchev–Trinajstić information content (AvgIpc) is 3.14. The van der Waals surface area contributed by atoms with E-state index in [-0.39, 0.29) is 17.9 Å². The lowest BCUT2D eigenvalue weighted by Gasteiger charge is -2.42. The van der Waals surface area contributed by atoms with Crippen molar-refractivity contribution in [2.24, 2.45) is 11.8 Å². The van der Waals surface area contributed by atoms with Crippen LogP contribution in [-0.4, -0.2) is 45.8 Å². The smallest absolute Gasteiger partial charge is 0.307 e. The van der Waals surface area contributed by atoms with Crippen molar-refractivity contribution in [1.29, 1.82) is 0 Å². The van der Waals surface area contributed by atoms with E-state index in [1.165, 1.54) is 5.56 Å². The van der Waals surface area contributed by atoms with Gasteiger partial charge in [0.2, 0.25) is 5.91 Å². The first-order chi connectivity index (χ1) is 15.5. The molecule has 2 amide bonds. The highest BCUT2D eigenvalue weighted by Crippen LogP contribution is 2.38. The molecular weight excluding hydrogens is 404 g/mol. The number of carboxylic acids is 1. The SMILES string of the molecule is O=C(O)[C@H]1CCCC[C@H]1C(=O)N1CCc2ccccc2[C@H]1CN1Cc2ccccc2C1=O. The standard InChI is InChI=1S/C26H28N2O4/c29-24-20-10-4-2-8-18(20)15-27(24)16-23-19-9-3-1-7-17(19)13-14-28(23)25(30)21-11-5-6-12-22(21)26(31)32/h1-4,7-10,21-23H,5-6,11-16H2,(H,31,32)/t21-,22+,23-/m1/s1.